The molecular weight excluding hydrogens is 297 g/mol. The standard InChI is InChI=1S/C14H15F3N4O/c1-9-12(8-19-21(9)10(2)14(15,16)17)13(22)20(3)11-5-4-6-18-7-11/h4-8,10H,1-3H3. The molecule has 0 aliphatic carbocycles. The van der Waals surface area contributed by atoms with Crippen molar-refractivity contribution in [3.63, 3.8) is 0 Å². The van der Waals surface area contributed by atoms with Crippen LogP contribution in [0.15, 0.2) is 30.7 Å². The van der Waals surface area contributed by atoms with Gasteiger partial charge in [-0.25, -0.2) is 0 Å². The molecule has 0 spiro atoms. The van der Waals surface area contributed by atoms with Crippen molar-refractivity contribution in [3.8, 4) is 0 Å². The lowest BCUT2D eigenvalue weighted by atomic mass is 10.2. The quantitative estimate of drug-likeness (QED) is 0.875. The van der Waals surface area contributed by atoms with Crippen LogP contribution < -0.4 is 4.90 Å². The van der Waals surface area contributed by atoms with Gasteiger partial charge in [0.2, 0.25) is 0 Å². The van der Waals surface area contributed by atoms with Crippen molar-refractivity contribution < 1.29 is 18.0 Å². The highest BCUT2D eigenvalue weighted by molar-refractivity contribution is 6.06. The van der Waals surface area contributed by atoms with Crippen molar-refractivity contribution in [1.82, 2.24) is 14.8 Å². The highest BCUT2D eigenvalue weighted by Crippen LogP contribution is 2.31. The van der Waals surface area contributed by atoms with Crippen molar-refractivity contribution in [2.75, 3.05) is 11.9 Å². The van der Waals surface area contributed by atoms with E-state index in [2.05, 4.69) is 10.1 Å². The zero-order valence-electron chi connectivity index (χ0n) is 12.3. The Morgan fingerprint density at radius 1 is 1.36 bits per heavy atom. The van der Waals surface area contributed by atoms with Gasteiger partial charge in [0.05, 0.1) is 23.6 Å². The van der Waals surface area contributed by atoms with E-state index in [9.17, 15) is 18.0 Å². The summed E-state index contributed by atoms with van der Waals surface area (Å²) < 4.78 is 39.2. The molecule has 0 aliphatic heterocycles. The number of halogens is 3. The molecule has 1 atom stereocenters. The van der Waals surface area contributed by atoms with Crippen LogP contribution in [0.4, 0.5) is 18.9 Å². The second-order valence-corrected chi connectivity index (χ2v) is 4.88. The van der Waals surface area contributed by atoms with Gasteiger partial charge in [-0.05, 0) is 26.0 Å². The third kappa shape index (κ3) is 2.95. The summed E-state index contributed by atoms with van der Waals surface area (Å²) in [4.78, 5) is 17.6. The van der Waals surface area contributed by atoms with Crippen LogP contribution in [0.2, 0.25) is 0 Å². The Balaban J connectivity index is 2.31. The summed E-state index contributed by atoms with van der Waals surface area (Å²) in [5, 5.41) is 3.71. The molecule has 118 valence electrons. The Bertz CT molecular complexity index is 666. The molecule has 0 aliphatic rings. The molecule has 0 radical (unpaired) electrons. The van der Waals surface area contributed by atoms with Crippen LogP contribution in [0, 0.1) is 6.92 Å². The normalized spacial score (nSPS) is 13.0. The maximum Gasteiger partial charge on any atom is 0.410 e. The number of rotatable bonds is 3. The van der Waals surface area contributed by atoms with E-state index in [1.807, 2.05) is 0 Å². The number of carbonyl (C=O) groups excluding carboxylic acids is 1. The zero-order chi connectivity index (χ0) is 16.5. The van der Waals surface area contributed by atoms with Crippen LogP contribution in [-0.4, -0.2) is 33.9 Å². The van der Waals surface area contributed by atoms with E-state index in [0.717, 1.165) is 17.8 Å². The van der Waals surface area contributed by atoms with Gasteiger partial charge >= 0.3 is 6.18 Å². The Labute approximate surface area is 125 Å². The first-order valence-corrected chi connectivity index (χ1v) is 6.52. The topological polar surface area (TPSA) is 51.0 Å². The first-order valence-electron chi connectivity index (χ1n) is 6.52. The average Bonchev–Trinajstić information content (AvgIpc) is 2.86. The fraction of sp³-hybridized carbons (Fsp3) is 0.357. The average molecular weight is 312 g/mol. The van der Waals surface area contributed by atoms with Crippen molar-refractivity contribution in [3.05, 3.63) is 42.0 Å². The summed E-state index contributed by atoms with van der Waals surface area (Å²) in [7, 11) is 1.53. The Morgan fingerprint density at radius 3 is 2.59 bits per heavy atom. The van der Waals surface area contributed by atoms with Gasteiger partial charge in [-0.1, -0.05) is 0 Å². The maximum atomic E-state index is 12.8. The van der Waals surface area contributed by atoms with Crippen molar-refractivity contribution in [1.29, 1.82) is 0 Å². The van der Waals surface area contributed by atoms with Crippen LogP contribution in [-0.2, 0) is 0 Å². The summed E-state index contributed by atoms with van der Waals surface area (Å²) in [6.07, 6.45) is -0.203. The number of alkyl halides is 3. The van der Waals surface area contributed by atoms with Crippen molar-refractivity contribution in [2.45, 2.75) is 26.1 Å². The lowest BCUT2D eigenvalue weighted by molar-refractivity contribution is -0.165. The van der Waals surface area contributed by atoms with E-state index in [1.165, 1.54) is 25.1 Å². The van der Waals surface area contributed by atoms with E-state index in [0.29, 0.717) is 5.69 Å². The van der Waals surface area contributed by atoms with Crippen LogP contribution in [0.3, 0.4) is 0 Å². The molecule has 0 N–H and O–H groups in total. The summed E-state index contributed by atoms with van der Waals surface area (Å²) >= 11 is 0. The SMILES string of the molecule is Cc1c(C(=O)N(C)c2cccnc2)cnn1C(C)C(F)(F)F. The molecule has 22 heavy (non-hydrogen) atoms. The Kier molecular flexibility index (Phi) is 4.20. The number of carbonyl (C=O) groups is 1. The highest BCUT2D eigenvalue weighted by Gasteiger charge is 2.39. The second-order valence-electron chi connectivity index (χ2n) is 4.88. The van der Waals surface area contributed by atoms with Gasteiger partial charge < -0.3 is 4.90 Å². The van der Waals surface area contributed by atoms with Gasteiger partial charge in [-0.3, -0.25) is 14.5 Å². The molecule has 5 nitrogen and oxygen atoms in total. The Hall–Kier alpha value is -2.38. The van der Waals surface area contributed by atoms with E-state index in [4.69, 9.17) is 0 Å². The summed E-state index contributed by atoms with van der Waals surface area (Å²) in [6, 6.07) is 1.56. The van der Waals surface area contributed by atoms with Crippen molar-refractivity contribution >= 4 is 11.6 Å². The molecule has 2 aromatic heterocycles. The number of aromatic nitrogens is 3. The third-order valence-electron chi connectivity index (χ3n) is 3.45. The molecule has 1 unspecified atom stereocenters. The van der Waals surface area contributed by atoms with Crippen LogP contribution in [0.1, 0.15) is 29.0 Å². The largest absolute Gasteiger partial charge is 0.410 e. The summed E-state index contributed by atoms with van der Waals surface area (Å²) in [6.45, 7) is 2.44. The van der Waals surface area contributed by atoms with Gasteiger partial charge in [0, 0.05) is 18.9 Å². The second kappa shape index (κ2) is 5.78. The van der Waals surface area contributed by atoms with Gasteiger partial charge in [0.1, 0.15) is 6.04 Å². The predicted molar refractivity (Wildman–Crippen MR) is 74.7 cm³/mol. The van der Waals surface area contributed by atoms with Crippen LogP contribution >= 0.6 is 0 Å². The molecule has 1 amide bonds. The van der Waals surface area contributed by atoms with Gasteiger partial charge in [0.15, 0.2) is 0 Å². The van der Waals surface area contributed by atoms with Crippen molar-refractivity contribution in [2.24, 2.45) is 0 Å². The molecule has 2 rings (SSSR count). The van der Waals surface area contributed by atoms with E-state index < -0.39 is 18.1 Å². The zero-order valence-corrected chi connectivity index (χ0v) is 12.3. The maximum absolute atomic E-state index is 12.8. The van der Waals surface area contributed by atoms with E-state index >= 15 is 0 Å². The van der Waals surface area contributed by atoms with Gasteiger partial charge in [-0.2, -0.15) is 18.3 Å². The molecule has 0 saturated heterocycles. The van der Waals surface area contributed by atoms with Crippen LogP contribution in [0.25, 0.3) is 0 Å². The van der Waals surface area contributed by atoms with Crippen LogP contribution in [0.5, 0.6) is 0 Å². The number of hydrogen-bond acceptors (Lipinski definition) is 3. The number of anilines is 1. The lowest BCUT2D eigenvalue weighted by Gasteiger charge is -2.19. The summed E-state index contributed by atoms with van der Waals surface area (Å²) in [5.74, 6) is -0.439. The molecule has 0 fully saturated rings. The highest BCUT2D eigenvalue weighted by atomic mass is 19.4. The molecule has 2 heterocycles. The molecule has 8 heteroatoms. The lowest BCUT2D eigenvalue weighted by Crippen LogP contribution is -2.28. The first kappa shape index (κ1) is 16.0. The predicted octanol–water partition coefficient (Wildman–Crippen LogP) is 2.99. The summed E-state index contributed by atoms with van der Waals surface area (Å²) in [5.41, 5.74) is 0.844. The van der Waals surface area contributed by atoms with Gasteiger partial charge in [0.25, 0.3) is 5.91 Å². The Morgan fingerprint density at radius 2 is 2.05 bits per heavy atom. The molecule has 0 aromatic carbocycles. The smallest absolute Gasteiger partial charge is 0.310 e. The molecule has 0 saturated carbocycles. The van der Waals surface area contributed by atoms with E-state index in [-0.39, 0.29) is 11.3 Å². The van der Waals surface area contributed by atoms with Gasteiger partial charge in [-0.15, -0.1) is 0 Å². The number of nitrogens with zero attached hydrogens (tertiary/aromatic N) is 4. The number of pyridine rings is 1. The van der Waals surface area contributed by atoms with E-state index in [1.54, 1.807) is 18.3 Å². The minimum atomic E-state index is -4.42. The third-order valence-corrected chi connectivity index (χ3v) is 3.45. The fourth-order valence-corrected chi connectivity index (χ4v) is 2.01. The molecular formula is C14H15F3N4O. The molecule has 2 aromatic rings. The fourth-order valence-electron chi connectivity index (χ4n) is 2.01. The monoisotopic (exact) mass is 312 g/mol. The minimum absolute atomic E-state index is 0.127. The number of hydrogen-bond donors (Lipinski definition) is 0. The minimum Gasteiger partial charge on any atom is -0.310 e. The molecule has 0 bridgehead atoms. The number of amides is 1. The first-order chi connectivity index (χ1) is 10.2.